The summed E-state index contributed by atoms with van der Waals surface area (Å²) in [4.78, 5) is 8.43. The first kappa shape index (κ1) is 16.0. The van der Waals surface area contributed by atoms with Gasteiger partial charge in [0, 0.05) is 20.0 Å². The molecule has 1 heterocycles. The zero-order valence-corrected chi connectivity index (χ0v) is 13.3. The van der Waals surface area contributed by atoms with Gasteiger partial charge in [0.25, 0.3) is 0 Å². The molecule has 0 saturated heterocycles. The quantitative estimate of drug-likeness (QED) is 0.486. The van der Waals surface area contributed by atoms with Crippen molar-refractivity contribution in [2.45, 2.75) is 32.7 Å². The molecule has 1 unspecified atom stereocenters. The predicted molar refractivity (Wildman–Crippen MR) is 86.7 cm³/mol. The topological polar surface area (TPSA) is 75.3 Å². The lowest BCUT2D eigenvalue weighted by Gasteiger charge is -2.18. The van der Waals surface area contributed by atoms with Gasteiger partial charge in [0.1, 0.15) is 0 Å². The largest absolute Gasteiger partial charge is 0.356 e. The Morgan fingerprint density at radius 3 is 2.73 bits per heavy atom. The highest BCUT2D eigenvalue weighted by Crippen LogP contribution is 2.10. The number of benzene rings is 1. The van der Waals surface area contributed by atoms with Gasteiger partial charge >= 0.3 is 0 Å². The van der Waals surface area contributed by atoms with Crippen LogP contribution in [0.3, 0.4) is 0 Å². The highest BCUT2D eigenvalue weighted by Gasteiger charge is 2.07. The second kappa shape index (κ2) is 8.17. The molecule has 0 saturated carbocycles. The molecular weight excluding hydrogens is 278 g/mol. The Balaban J connectivity index is 1.73. The molecule has 1 aromatic heterocycles. The van der Waals surface area contributed by atoms with Crippen LogP contribution in [-0.4, -0.2) is 29.7 Å². The molecule has 1 atom stereocenters. The van der Waals surface area contributed by atoms with Gasteiger partial charge < -0.3 is 15.2 Å². The molecule has 0 amide bonds. The van der Waals surface area contributed by atoms with Crippen LogP contribution in [0.5, 0.6) is 0 Å². The third kappa shape index (κ3) is 4.87. The summed E-state index contributed by atoms with van der Waals surface area (Å²) in [5.74, 6) is 2.15. The van der Waals surface area contributed by atoms with Crippen LogP contribution >= 0.6 is 0 Å². The van der Waals surface area contributed by atoms with Gasteiger partial charge in [0.05, 0.1) is 6.04 Å². The lowest BCUT2D eigenvalue weighted by atomic mass is 10.1. The maximum atomic E-state index is 5.09. The van der Waals surface area contributed by atoms with E-state index in [4.69, 9.17) is 4.52 Å². The average Bonchev–Trinajstić information content (AvgIpc) is 2.96. The first-order chi connectivity index (χ1) is 10.7. The monoisotopic (exact) mass is 301 g/mol. The van der Waals surface area contributed by atoms with E-state index in [0.29, 0.717) is 11.7 Å². The second-order valence-electron chi connectivity index (χ2n) is 5.11. The van der Waals surface area contributed by atoms with Crippen LogP contribution in [0.1, 0.15) is 36.7 Å². The highest BCUT2D eigenvalue weighted by atomic mass is 16.5. The smallest absolute Gasteiger partial charge is 0.226 e. The second-order valence-corrected chi connectivity index (χ2v) is 5.11. The van der Waals surface area contributed by atoms with Crippen molar-refractivity contribution in [3.05, 3.63) is 47.6 Å². The number of rotatable bonds is 6. The molecule has 6 nitrogen and oxygen atoms in total. The number of aromatic nitrogens is 2. The number of aliphatic imine (C=N–C) groups is 1. The summed E-state index contributed by atoms with van der Waals surface area (Å²) in [6.45, 7) is 4.73. The Morgan fingerprint density at radius 1 is 1.32 bits per heavy atom. The number of hydrogen-bond acceptors (Lipinski definition) is 4. The van der Waals surface area contributed by atoms with E-state index in [-0.39, 0.29) is 6.04 Å². The third-order valence-electron chi connectivity index (χ3n) is 3.31. The van der Waals surface area contributed by atoms with Gasteiger partial charge in [-0.15, -0.1) is 0 Å². The van der Waals surface area contributed by atoms with Crippen molar-refractivity contribution in [2.24, 2.45) is 4.99 Å². The van der Waals surface area contributed by atoms with Crippen LogP contribution in [0.2, 0.25) is 0 Å². The van der Waals surface area contributed by atoms with Crippen LogP contribution in [-0.2, 0) is 6.42 Å². The number of aryl methyl sites for hydroxylation is 2. The van der Waals surface area contributed by atoms with E-state index in [0.717, 1.165) is 25.3 Å². The van der Waals surface area contributed by atoms with E-state index in [1.54, 1.807) is 7.05 Å². The van der Waals surface area contributed by atoms with E-state index in [1.807, 2.05) is 25.1 Å². The Morgan fingerprint density at radius 2 is 2.09 bits per heavy atom. The van der Waals surface area contributed by atoms with E-state index < -0.39 is 0 Å². The number of nitrogens with one attached hydrogen (secondary N) is 2. The maximum absolute atomic E-state index is 5.09. The van der Waals surface area contributed by atoms with Crippen molar-refractivity contribution >= 4 is 5.96 Å². The molecule has 22 heavy (non-hydrogen) atoms. The molecule has 0 aliphatic rings. The number of hydrogen-bond donors (Lipinski definition) is 2. The van der Waals surface area contributed by atoms with Crippen LogP contribution in [0.4, 0.5) is 0 Å². The molecule has 0 aliphatic carbocycles. The van der Waals surface area contributed by atoms with Gasteiger partial charge in [-0.05, 0) is 25.8 Å². The molecule has 2 rings (SSSR count). The maximum Gasteiger partial charge on any atom is 0.226 e. The van der Waals surface area contributed by atoms with Crippen molar-refractivity contribution in [2.75, 3.05) is 13.6 Å². The fourth-order valence-corrected chi connectivity index (χ4v) is 2.11. The van der Waals surface area contributed by atoms with Crippen LogP contribution < -0.4 is 10.6 Å². The fourth-order valence-electron chi connectivity index (χ4n) is 2.11. The standard InChI is InChI=1S/C16H23N5O/c1-12(14-8-5-4-6-9-14)19-16(17-3)18-11-7-10-15-20-13(2)21-22-15/h4-6,8-9,12H,7,10-11H2,1-3H3,(H2,17,18,19). The molecule has 6 heteroatoms. The summed E-state index contributed by atoms with van der Waals surface area (Å²) in [6.07, 6.45) is 1.67. The van der Waals surface area contributed by atoms with Gasteiger partial charge in [-0.3, -0.25) is 4.99 Å². The molecule has 118 valence electrons. The summed E-state index contributed by atoms with van der Waals surface area (Å²) >= 11 is 0. The minimum Gasteiger partial charge on any atom is -0.356 e. The molecule has 0 aliphatic heterocycles. The number of guanidine groups is 1. The first-order valence-electron chi connectivity index (χ1n) is 7.50. The summed E-state index contributed by atoms with van der Waals surface area (Å²) in [5, 5.41) is 10.4. The molecule has 0 radical (unpaired) electrons. The molecule has 0 spiro atoms. The lowest BCUT2D eigenvalue weighted by molar-refractivity contribution is 0.372. The normalized spacial score (nSPS) is 13.0. The minimum absolute atomic E-state index is 0.200. The fraction of sp³-hybridized carbons (Fsp3) is 0.438. The SMILES string of the molecule is CN=C(NCCCc1nc(C)no1)NC(C)c1ccccc1. The molecule has 2 aromatic rings. The summed E-state index contributed by atoms with van der Waals surface area (Å²) in [5.41, 5.74) is 1.23. The Hall–Kier alpha value is -2.37. The van der Waals surface area contributed by atoms with Gasteiger partial charge in [-0.2, -0.15) is 4.98 Å². The van der Waals surface area contributed by atoms with Crippen LogP contribution in [0.25, 0.3) is 0 Å². The van der Waals surface area contributed by atoms with Crippen molar-refractivity contribution in [1.82, 2.24) is 20.8 Å². The highest BCUT2D eigenvalue weighted by molar-refractivity contribution is 5.80. The number of nitrogens with zero attached hydrogens (tertiary/aromatic N) is 3. The van der Waals surface area contributed by atoms with Crippen molar-refractivity contribution < 1.29 is 4.52 Å². The molecule has 0 bridgehead atoms. The van der Waals surface area contributed by atoms with Crippen LogP contribution in [0.15, 0.2) is 39.8 Å². The average molecular weight is 301 g/mol. The zero-order chi connectivity index (χ0) is 15.8. The third-order valence-corrected chi connectivity index (χ3v) is 3.31. The van der Waals surface area contributed by atoms with E-state index in [1.165, 1.54) is 5.56 Å². The molecule has 1 aromatic carbocycles. The van der Waals surface area contributed by atoms with Gasteiger partial charge in [0.2, 0.25) is 5.89 Å². The Kier molecular flexibility index (Phi) is 5.94. The van der Waals surface area contributed by atoms with Gasteiger partial charge in [0.15, 0.2) is 11.8 Å². The van der Waals surface area contributed by atoms with Gasteiger partial charge in [-0.25, -0.2) is 0 Å². The summed E-state index contributed by atoms with van der Waals surface area (Å²) in [7, 11) is 1.77. The zero-order valence-electron chi connectivity index (χ0n) is 13.3. The van der Waals surface area contributed by atoms with E-state index >= 15 is 0 Å². The van der Waals surface area contributed by atoms with Gasteiger partial charge in [-0.1, -0.05) is 35.5 Å². The summed E-state index contributed by atoms with van der Waals surface area (Å²) < 4.78 is 5.09. The minimum atomic E-state index is 0.200. The molecule has 2 N–H and O–H groups in total. The molecule has 0 fully saturated rings. The molecular formula is C16H23N5O. The van der Waals surface area contributed by atoms with E-state index in [9.17, 15) is 0 Å². The lowest BCUT2D eigenvalue weighted by Crippen LogP contribution is -2.39. The first-order valence-corrected chi connectivity index (χ1v) is 7.50. The van der Waals surface area contributed by atoms with Crippen molar-refractivity contribution in [1.29, 1.82) is 0 Å². The predicted octanol–water partition coefficient (Wildman–Crippen LogP) is 2.24. The Labute approximate surface area is 131 Å². The van der Waals surface area contributed by atoms with E-state index in [2.05, 4.69) is 44.8 Å². The van der Waals surface area contributed by atoms with Crippen LogP contribution in [0, 0.1) is 6.92 Å². The summed E-state index contributed by atoms with van der Waals surface area (Å²) in [6, 6.07) is 10.5. The van der Waals surface area contributed by atoms with Crippen molar-refractivity contribution in [3.8, 4) is 0 Å². The van der Waals surface area contributed by atoms with Crippen molar-refractivity contribution in [3.63, 3.8) is 0 Å². The Bertz CT molecular complexity index is 594.